The lowest BCUT2D eigenvalue weighted by atomic mass is 9.85. The highest BCUT2D eigenvalue weighted by molar-refractivity contribution is 7.17. The van der Waals surface area contributed by atoms with Crippen molar-refractivity contribution in [2.45, 2.75) is 50.7 Å². The van der Waals surface area contributed by atoms with E-state index in [2.05, 4.69) is 9.97 Å². The van der Waals surface area contributed by atoms with Crippen LogP contribution >= 0.6 is 23.7 Å². The van der Waals surface area contributed by atoms with E-state index in [1.54, 1.807) is 0 Å². The third-order valence-corrected chi connectivity index (χ3v) is 6.10. The molecule has 2 fully saturated rings. The number of rotatable bonds is 3. The maximum Gasteiger partial charge on any atom is 0.320 e. The summed E-state index contributed by atoms with van der Waals surface area (Å²) in [4.78, 5) is 33.1. The first-order valence-electron chi connectivity index (χ1n) is 8.08. The molecule has 4 rings (SSSR count). The summed E-state index contributed by atoms with van der Waals surface area (Å²) in [7, 11) is 0. The SMILES string of the molecule is Cl.O=C(O)C1CC2CCCCC2N1Cc1nc2ccsc2c(=O)[nH]1. The molecule has 24 heavy (non-hydrogen) atoms. The van der Waals surface area contributed by atoms with Gasteiger partial charge in [0.15, 0.2) is 0 Å². The summed E-state index contributed by atoms with van der Waals surface area (Å²) >= 11 is 1.38. The molecule has 1 aliphatic heterocycles. The summed E-state index contributed by atoms with van der Waals surface area (Å²) in [5.41, 5.74) is 0.561. The minimum atomic E-state index is -0.765. The molecule has 0 amide bonds. The molecule has 1 saturated carbocycles. The Morgan fingerprint density at radius 2 is 2.21 bits per heavy atom. The Balaban J connectivity index is 0.00000169. The molecule has 3 heterocycles. The van der Waals surface area contributed by atoms with E-state index in [0.29, 0.717) is 41.0 Å². The van der Waals surface area contributed by atoms with Gasteiger partial charge in [-0.1, -0.05) is 12.8 Å². The molecule has 8 heteroatoms. The monoisotopic (exact) mass is 369 g/mol. The Bertz CT molecular complexity index is 805. The van der Waals surface area contributed by atoms with Crippen LogP contribution in [-0.4, -0.2) is 38.0 Å². The number of H-pyrrole nitrogens is 1. The molecule has 1 saturated heterocycles. The average molecular weight is 370 g/mol. The number of carboxylic acid groups (broad SMARTS) is 1. The van der Waals surface area contributed by atoms with Crippen molar-refractivity contribution in [1.29, 1.82) is 0 Å². The first kappa shape index (κ1) is 17.4. The van der Waals surface area contributed by atoms with Gasteiger partial charge >= 0.3 is 5.97 Å². The number of likely N-dealkylation sites (tertiary alicyclic amines) is 1. The molecular weight excluding hydrogens is 350 g/mol. The van der Waals surface area contributed by atoms with E-state index in [1.165, 1.54) is 17.8 Å². The van der Waals surface area contributed by atoms with Crippen LogP contribution in [0.4, 0.5) is 0 Å². The summed E-state index contributed by atoms with van der Waals surface area (Å²) in [5, 5.41) is 11.4. The second-order valence-electron chi connectivity index (χ2n) is 6.52. The summed E-state index contributed by atoms with van der Waals surface area (Å²) < 4.78 is 0.625. The summed E-state index contributed by atoms with van der Waals surface area (Å²) in [6.07, 6.45) is 5.21. The Kier molecular flexibility index (Phi) is 4.94. The van der Waals surface area contributed by atoms with Gasteiger partial charge in [0.05, 0.1) is 12.1 Å². The third-order valence-electron chi connectivity index (χ3n) is 5.20. The highest BCUT2D eigenvalue weighted by atomic mass is 35.5. The fraction of sp³-hybridized carbons (Fsp3) is 0.562. The number of hydrogen-bond acceptors (Lipinski definition) is 5. The van der Waals surface area contributed by atoms with Gasteiger partial charge in [0.2, 0.25) is 0 Å². The highest BCUT2D eigenvalue weighted by Gasteiger charge is 2.45. The second kappa shape index (κ2) is 6.82. The number of carboxylic acids is 1. The van der Waals surface area contributed by atoms with Crippen LogP contribution in [0.1, 0.15) is 37.9 Å². The zero-order valence-corrected chi connectivity index (χ0v) is 14.7. The van der Waals surface area contributed by atoms with Crippen molar-refractivity contribution in [2.24, 2.45) is 5.92 Å². The number of aromatic amines is 1. The van der Waals surface area contributed by atoms with Crippen molar-refractivity contribution in [1.82, 2.24) is 14.9 Å². The molecule has 6 nitrogen and oxygen atoms in total. The average Bonchev–Trinajstić information content (AvgIpc) is 3.13. The largest absolute Gasteiger partial charge is 0.480 e. The number of fused-ring (bicyclic) bond motifs is 2. The van der Waals surface area contributed by atoms with Crippen LogP contribution in [0.25, 0.3) is 10.2 Å². The van der Waals surface area contributed by atoms with Crippen molar-refractivity contribution in [2.75, 3.05) is 0 Å². The van der Waals surface area contributed by atoms with E-state index < -0.39 is 12.0 Å². The minimum Gasteiger partial charge on any atom is -0.480 e. The van der Waals surface area contributed by atoms with Crippen LogP contribution in [0.2, 0.25) is 0 Å². The van der Waals surface area contributed by atoms with Gasteiger partial charge in [-0.05, 0) is 36.6 Å². The molecule has 1 aliphatic carbocycles. The molecule has 3 unspecified atom stereocenters. The van der Waals surface area contributed by atoms with Gasteiger partial charge in [-0.15, -0.1) is 23.7 Å². The number of halogens is 1. The van der Waals surface area contributed by atoms with Gasteiger partial charge in [-0.3, -0.25) is 14.5 Å². The van der Waals surface area contributed by atoms with Gasteiger partial charge < -0.3 is 10.1 Å². The predicted molar refractivity (Wildman–Crippen MR) is 94.8 cm³/mol. The molecule has 2 aliphatic rings. The van der Waals surface area contributed by atoms with Crippen LogP contribution < -0.4 is 5.56 Å². The summed E-state index contributed by atoms with van der Waals surface area (Å²) in [6.45, 7) is 0.402. The predicted octanol–water partition coefficient (Wildman–Crippen LogP) is 2.62. The molecule has 130 valence electrons. The van der Waals surface area contributed by atoms with Crippen LogP contribution in [0.5, 0.6) is 0 Å². The number of nitrogens with zero attached hydrogens (tertiary/aromatic N) is 2. The number of aromatic nitrogens is 2. The lowest BCUT2D eigenvalue weighted by Gasteiger charge is -2.32. The van der Waals surface area contributed by atoms with Crippen LogP contribution in [0.3, 0.4) is 0 Å². The van der Waals surface area contributed by atoms with Gasteiger partial charge in [0.25, 0.3) is 5.56 Å². The lowest BCUT2D eigenvalue weighted by molar-refractivity contribution is -0.142. The molecule has 0 radical (unpaired) electrons. The molecule has 0 aromatic carbocycles. The first-order valence-corrected chi connectivity index (χ1v) is 8.96. The van der Waals surface area contributed by atoms with Crippen LogP contribution in [0, 0.1) is 5.92 Å². The summed E-state index contributed by atoms with van der Waals surface area (Å²) in [5.74, 6) is 0.262. The zero-order valence-electron chi connectivity index (χ0n) is 13.1. The molecule has 0 bridgehead atoms. The van der Waals surface area contributed by atoms with Crippen molar-refractivity contribution in [3.63, 3.8) is 0 Å². The van der Waals surface area contributed by atoms with E-state index in [9.17, 15) is 14.7 Å². The topological polar surface area (TPSA) is 86.3 Å². The van der Waals surface area contributed by atoms with Gasteiger partial charge in [0.1, 0.15) is 16.6 Å². The molecule has 2 aromatic heterocycles. The van der Waals surface area contributed by atoms with E-state index in [-0.39, 0.29) is 18.0 Å². The minimum absolute atomic E-state index is 0. The molecule has 2 N–H and O–H groups in total. The second-order valence-corrected chi connectivity index (χ2v) is 7.44. The van der Waals surface area contributed by atoms with Crippen molar-refractivity contribution in [3.05, 3.63) is 27.6 Å². The summed E-state index contributed by atoms with van der Waals surface area (Å²) in [6, 6.07) is 1.67. The number of nitrogens with one attached hydrogen (secondary N) is 1. The Morgan fingerprint density at radius 1 is 1.42 bits per heavy atom. The zero-order chi connectivity index (χ0) is 16.0. The van der Waals surface area contributed by atoms with E-state index >= 15 is 0 Å². The third kappa shape index (κ3) is 2.96. The van der Waals surface area contributed by atoms with Gasteiger partial charge in [-0.2, -0.15) is 0 Å². The fourth-order valence-corrected chi connectivity index (χ4v) is 4.92. The molecule has 0 spiro atoms. The van der Waals surface area contributed by atoms with Crippen LogP contribution in [0.15, 0.2) is 16.2 Å². The van der Waals surface area contributed by atoms with E-state index in [0.717, 1.165) is 19.3 Å². The quantitative estimate of drug-likeness (QED) is 0.868. The standard InChI is InChI=1S/C16H19N3O3S.ClH/c20-15-14-10(5-6-23-14)17-13(18-15)8-19-11-4-2-1-3-9(11)7-12(19)16(21)22;/h5-6,9,11-12H,1-4,7-8H2,(H,21,22)(H,17,18,20);1H. The fourth-order valence-electron chi connectivity index (χ4n) is 4.19. The number of thiophene rings is 1. The highest BCUT2D eigenvalue weighted by Crippen LogP contribution is 2.40. The number of aliphatic carboxylic acids is 1. The molecular formula is C16H20ClN3O3S. The smallest absolute Gasteiger partial charge is 0.320 e. The van der Waals surface area contributed by atoms with Crippen molar-refractivity contribution >= 4 is 39.9 Å². The number of hydrogen-bond donors (Lipinski definition) is 2. The molecule has 3 atom stereocenters. The van der Waals surface area contributed by atoms with Crippen molar-refractivity contribution in [3.8, 4) is 0 Å². The van der Waals surface area contributed by atoms with Crippen molar-refractivity contribution < 1.29 is 9.90 Å². The normalized spacial score (nSPS) is 26.9. The Morgan fingerprint density at radius 3 is 3.00 bits per heavy atom. The van der Waals surface area contributed by atoms with E-state index in [1.807, 2.05) is 16.3 Å². The molecule has 2 aromatic rings. The maximum atomic E-state index is 12.1. The number of carbonyl (C=O) groups is 1. The Hall–Kier alpha value is -1.44. The van der Waals surface area contributed by atoms with E-state index in [4.69, 9.17) is 0 Å². The van der Waals surface area contributed by atoms with Gasteiger partial charge in [-0.25, -0.2) is 4.98 Å². The Labute approximate surface area is 149 Å². The maximum absolute atomic E-state index is 12.1. The lowest BCUT2D eigenvalue weighted by Crippen LogP contribution is -2.42. The first-order chi connectivity index (χ1) is 11.1. The van der Waals surface area contributed by atoms with Gasteiger partial charge in [0, 0.05) is 6.04 Å². The van der Waals surface area contributed by atoms with Crippen LogP contribution in [-0.2, 0) is 11.3 Å².